The van der Waals surface area contributed by atoms with Crippen LogP contribution in [0.1, 0.15) is 74.6 Å². The van der Waals surface area contributed by atoms with Gasteiger partial charge in [-0.25, -0.2) is 0 Å². The minimum atomic E-state index is 0.0852. The second kappa shape index (κ2) is 9.91. The van der Waals surface area contributed by atoms with Crippen LogP contribution in [0, 0.1) is 5.92 Å². The summed E-state index contributed by atoms with van der Waals surface area (Å²) in [6, 6.07) is 9.35. The van der Waals surface area contributed by atoms with Crippen LogP contribution in [0.15, 0.2) is 24.3 Å². The number of carbonyl (C=O) groups is 1. The Bertz CT molecular complexity index is 713. The molecule has 31 heavy (non-hydrogen) atoms. The molecule has 1 aromatic carbocycles. The third-order valence-electron chi connectivity index (χ3n) is 7.82. The number of anilines is 1. The van der Waals surface area contributed by atoms with Crippen LogP contribution >= 0.6 is 0 Å². The summed E-state index contributed by atoms with van der Waals surface area (Å²) in [7, 11) is 0. The molecule has 4 aliphatic rings. The molecule has 0 radical (unpaired) electrons. The van der Waals surface area contributed by atoms with Gasteiger partial charge in [-0.1, -0.05) is 12.8 Å². The van der Waals surface area contributed by atoms with Gasteiger partial charge in [-0.3, -0.25) is 9.69 Å². The molecule has 1 atom stereocenters. The van der Waals surface area contributed by atoms with Crippen LogP contribution in [0.5, 0.6) is 0 Å². The van der Waals surface area contributed by atoms with E-state index >= 15 is 0 Å². The summed E-state index contributed by atoms with van der Waals surface area (Å²) in [5.74, 6) is 1.02. The predicted octanol–water partition coefficient (Wildman–Crippen LogP) is 4.22. The van der Waals surface area contributed by atoms with E-state index in [9.17, 15) is 4.79 Å². The average Bonchev–Trinajstić information content (AvgIpc) is 3.23. The molecule has 170 valence electrons. The lowest BCUT2D eigenvalue weighted by molar-refractivity contribution is 0.0492. The van der Waals surface area contributed by atoms with Gasteiger partial charge < -0.3 is 15.0 Å². The Morgan fingerprint density at radius 3 is 2.32 bits per heavy atom. The van der Waals surface area contributed by atoms with Crippen molar-refractivity contribution in [1.29, 1.82) is 0 Å². The summed E-state index contributed by atoms with van der Waals surface area (Å²) in [6.07, 6.45) is 13.0. The van der Waals surface area contributed by atoms with Crippen molar-refractivity contribution in [3.05, 3.63) is 29.8 Å². The average molecular weight is 426 g/mol. The molecule has 1 N–H and O–H groups in total. The fourth-order valence-corrected chi connectivity index (χ4v) is 5.71. The number of piperidine rings is 1. The van der Waals surface area contributed by atoms with Gasteiger partial charge in [0.2, 0.25) is 0 Å². The number of nitrogens with one attached hydrogen (secondary N) is 1. The Morgan fingerprint density at radius 1 is 0.935 bits per heavy atom. The van der Waals surface area contributed by atoms with E-state index in [0.717, 1.165) is 50.6 Å². The highest BCUT2D eigenvalue weighted by Crippen LogP contribution is 2.33. The first-order valence-corrected chi connectivity index (χ1v) is 12.8. The standard InChI is InChI=1S/C26H39N3O2/c30-26(27-22-4-1-2-5-22)21-9-11-23(12-10-21)28-15-13-24(14-16-28)29(18-20-7-8-20)19-25-6-3-17-31-25/h9-12,20,22,24-25H,1-8,13-19H2,(H,27,30). The maximum atomic E-state index is 12.5. The van der Waals surface area contributed by atoms with Crippen molar-refractivity contribution in [3.8, 4) is 0 Å². The van der Waals surface area contributed by atoms with Crippen molar-refractivity contribution in [3.63, 3.8) is 0 Å². The van der Waals surface area contributed by atoms with Gasteiger partial charge >= 0.3 is 0 Å². The van der Waals surface area contributed by atoms with E-state index in [2.05, 4.69) is 27.2 Å². The van der Waals surface area contributed by atoms with Crippen molar-refractivity contribution in [2.75, 3.05) is 37.7 Å². The zero-order valence-electron chi connectivity index (χ0n) is 18.9. The number of nitrogens with zero attached hydrogens (tertiary/aromatic N) is 2. The van der Waals surface area contributed by atoms with Crippen molar-refractivity contribution in [1.82, 2.24) is 10.2 Å². The third-order valence-corrected chi connectivity index (χ3v) is 7.82. The van der Waals surface area contributed by atoms with Crippen LogP contribution in [0.2, 0.25) is 0 Å². The monoisotopic (exact) mass is 425 g/mol. The molecule has 0 aromatic heterocycles. The molecule has 2 heterocycles. The van der Waals surface area contributed by atoms with Gasteiger partial charge in [0, 0.05) is 56.1 Å². The molecular weight excluding hydrogens is 386 g/mol. The summed E-state index contributed by atoms with van der Waals surface area (Å²) >= 11 is 0. The summed E-state index contributed by atoms with van der Waals surface area (Å²) < 4.78 is 5.95. The molecule has 5 heteroatoms. The molecule has 0 bridgehead atoms. The van der Waals surface area contributed by atoms with Crippen LogP contribution in [-0.4, -0.2) is 61.8 Å². The Kier molecular flexibility index (Phi) is 6.80. The van der Waals surface area contributed by atoms with Crippen LogP contribution in [0.3, 0.4) is 0 Å². The molecule has 2 saturated heterocycles. The van der Waals surface area contributed by atoms with Crippen LogP contribution in [0.4, 0.5) is 5.69 Å². The summed E-state index contributed by atoms with van der Waals surface area (Å²) in [5, 5.41) is 3.19. The third kappa shape index (κ3) is 5.61. The van der Waals surface area contributed by atoms with Gasteiger partial charge in [-0.05, 0) is 81.5 Å². The van der Waals surface area contributed by atoms with E-state index in [1.54, 1.807) is 0 Å². The number of hydrogen-bond donors (Lipinski definition) is 1. The van der Waals surface area contributed by atoms with Crippen LogP contribution < -0.4 is 10.2 Å². The number of rotatable bonds is 8. The minimum absolute atomic E-state index is 0.0852. The van der Waals surface area contributed by atoms with E-state index in [1.165, 1.54) is 63.6 Å². The van der Waals surface area contributed by atoms with Gasteiger partial charge in [0.15, 0.2) is 0 Å². The van der Waals surface area contributed by atoms with Gasteiger partial charge in [0.1, 0.15) is 0 Å². The van der Waals surface area contributed by atoms with E-state index in [4.69, 9.17) is 4.74 Å². The summed E-state index contributed by atoms with van der Waals surface area (Å²) in [4.78, 5) is 17.8. The van der Waals surface area contributed by atoms with Crippen molar-refractivity contribution in [2.45, 2.75) is 82.4 Å². The lowest BCUT2D eigenvalue weighted by atomic mass is 10.0. The largest absolute Gasteiger partial charge is 0.377 e. The number of benzene rings is 1. The smallest absolute Gasteiger partial charge is 0.251 e. The minimum Gasteiger partial charge on any atom is -0.377 e. The molecule has 2 saturated carbocycles. The molecule has 1 amide bonds. The Morgan fingerprint density at radius 2 is 1.68 bits per heavy atom. The number of hydrogen-bond acceptors (Lipinski definition) is 4. The molecule has 1 aromatic rings. The highest BCUT2D eigenvalue weighted by Gasteiger charge is 2.32. The first kappa shape index (κ1) is 21.3. The zero-order chi connectivity index (χ0) is 21.0. The predicted molar refractivity (Wildman–Crippen MR) is 125 cm³/mol. The Hall–Kier alpha value is -1.59. The van der Waals surface area contributed by atoms with E-state index < -0.39 is 0 Å². The summed E-state index contributed by atoms with van der Waals surface area (Å²) in [5.41, 5.74) is 2.04. The number of amides is 1. The second-order valence-electron chi connectivity index (χ2n) is 10.3. The lowest BCUT2D eigenvalue weighted by Gasteiger charge is -2.40. The van der Waals surface area contributed by atoms with Crippen molar-refractivity contribution < 1.29 is 9.53 Å². The molecule has 5 nitrogen and oxygen atoms in total. The second-order valence-corrected chi connectivity index (χ2v) is 10.3. The van der Waals surface area contributed by atoms with Gasteiger partial charge in [0.25, 0.3) is 5.91 Å². The fourth-order valence-electron chi connectivity index (χ4n) is 5.71. The number of ether oxygens (including phenoxy) is 1. The van der Waals surface area contributed by atoms with Gasteiger partial charge in [-0.15, -0.1) is 0 Å². The molecular formula is C26H39N3O2. The molecule has 5 rings (SSSR count). The molecule has 1 unspecified atom stereocenters. The molecule has 0 spiro atoms. The fraction of sp³-hybridized carbons (Fsp3) is 0.731. The quantitative estimate of drug-likeness (QED) is 0.677. The Balaban J connectivity index is 1.13. The van der Waals surface area contributed by atoms with E-state index in [-0.39, 0.29) is 5.91 Å². The van der Waals surface area contributed by atoms with Crippen LogP contribution in [-0.2, 0) is 4.74 Å². The highest BCUT2D eigenvalue weighted by molar-refractivity contribution is 5.94. The Labute approximate surface area is 187 Å². The lowest BCUT2D eigenvalue weighted by Crippen LogP contribution is -2.48. The number of carbonyl (C=O) groups excluding carboxylic acids is 1. The van der Waals surface area contributed by atoms with Crippen LogP contribution in [0.25, 0.3) is 0 Å². The first-order valence-electron chi connectivity index (χ1n) is 12.8. The van der Waals surface area contributed by atoms with Gasteiger partial charge in [0.05, 0.1) is 6.10 Å². The highest BCUT2D eigenvalue weighted by atomic mass is 16.5. The van der Waals surface area contributed by atoms with Gasteiger partial charge in [-0.2, -0.15) is 0 Å². The zero-order valence-corrected chi connectivity index (χ0v) is 18.9. The molecule has 4 fully saturated rings. The maximum absolute atomic E-state index is 12.5. The first-order chi connectivity index (χ1) is 15.2. The molecule has 2 aliphatic heterocycles. The van der Waals surface area contributed by atoms with Crippen molar-refractivity contribution in [2.24, 2.45) is 5.92 Å². The van der Waals surface area contributed by atoms with E-state index in [0.29, 0.717) is 18.2 Å². The van der Waals surface area contributed by atoms with Crippen molar-refractivity contribution >= 4 is 11.6 Å². The summed E-state index contributed by atoms with van der Waals surface area (Å²) in [6.45, 7) is 5.56. The SMILES string of the molecule is O=C(NC1CCCC1)c1ccc(N2CCC(N(CC3CC3)CC3CCCO3)CC2)cc1. The normalized spacial score (nSPS) is 25.5. The maximum Gasteiger partial charge on any atom is 0.251 e. The van der Waals surface area contributed by atoms with E-state index in [1.807, 2.05) is 12.1 Å². The molecule has 2 aliphatic carbocycles. The topological polar surface area (TPSA) is 44.8 Å².